The molecule has 0 aromatic heterocycles. The number of ether oxygens (including phenoxy) is 1. The molecular formula is C26H21Cl4N3O3S. The summed E-state index contributed by atoms with van der Waals surface area (Å²) in [5.74, 6) is -0.205. The molecule has 4 rings (SSSR count). The largest absolute Gasteiger partial charge is 0.495 e. The third-order valence-electron chi connectivity index (χ3n) is 5.86. The number of rotatable bonds is 8. The summed E-state index contributed by atoms with van der Waals surface area (Å²) in [5.41, 5.74) is 1.90. The van der Waals surface area contributed by atoms with E-state index in [9.17, 15) is 9.59 Å². The predicted molar refractivity (Wildman–Crippen MR) is 153 cm³/mol. The number of thiocarbonyl (C=S) groups is 1. The minimum atomic E-state index is -0.827. The van der Waals surface area contributed by atoms with E-state index in [1.165, 1.54) is 12.0 Å². The van der Waals surface area contributed by atoms with Crippen LogP contribution in [0, 0.1) is 0 Å². The summed E-state index contributed by atoms with van der Waals surface area (Å²) in [5, 5.41) is 5.00. The minimum absolute atomic E-state index is 0.115. The molecule has 192 valence electrons. The lowest BCUT2D eigenvalue weighted by Crippen LogP contribution is -2.39. The maximum atomic E-state index is 13.6. The van der Waals surface area contributed by atoms with E-state index in [0.717, 1.165) is 5.56 Å². The lowest BCUT2D eigenvalue weighted by Gasteiger charge is -2.24. The van der Waals surface area contributed by atoms with Crippen LogP contribution in [0.1, 0.15) is 12.0 Å². The highest BCUT2D eigenvalue weighted by atomic mass is 35.5. The third-order valence-corrected chi connectivity index (χ3v) is 7.41. The van der Waals surface area contributed by atoms with E-state index in [1.54, 1.807) is 59.5 Å². The Kier molecular flexibility index (Phi) is 8.82. The first kappa shape index (κ1) is 27.5. The SMILES string of the molecule is COc1ccc(N2C(=O)[C@@H](CC(=O)Nc3ccc(Cl)cc3)N(CCc3ccc(Cl)cc3Cl)C2=S)cc1Cl. The van der Waals surface area contributed by atoms with Crippen LogP contribution in [0.25, 0.3) is 0 Å². The summed E-state index contributed by atoms with van der Waals surface area (Å²) in [6.07, 6.45) is 0.367. The molecule has 37 heavy (non-hydrogen) atoms. The van der Waals surface area contributed by atoms with Crippen LogP contribution in [0.5, 0.6) is 5.75 Å². The van der Waals surface area contributed by atoms with Crippen molar-refractivity contribution < 1.29 is 14.3 Å². The predicted octanol–water partition coefficient (Wildman–Crippen LogP) is 6.88. The fourth-order valence-corrected chi connectivity index (χ4v) is 5.30. The number of benzene rings is 3. The molecular weight excluding hydrogens is 576 g/mol. The molecule has 3 aromatic carbocycles. The molecule has 1 aliphatic rings. The van der Waals surface area contributed by atoms with E-state index in [1.807, 2.05) is 6.07 Å². The molecule has 1 atom stereocenters. The Morgan fingerprint density at radius 1 is 0.973 bits per heavy atom. The van der Waals surface area contributed by atoms with Crippen molar-refractivity contribution in [2.75, 3.05) is 23.9 Å². The maximum absolute atomic E-state index is 13.6. The van der Waals surface area contributed by atoms with Gasteiger partial charge in [0, 0.05) is 27.3 Å². The van der Waals surface area contributed by atoms with E-state index in [-0.39, 0.29) is 23.3 Å². The molecule has 6 nitrogen and oxygen atoms in total. The second kappa shape index (κ2) is 11.9. The van der Waals surface area contributed by atoms with Crippen LogP contribution in [0.2, 0.25) is 20.1 Å². The summed E-state index contributed by atoms with van der Waals surface area (Å²) < 4.78 is 5.22. The van der Waals surface area contributed by atoms with Gasteiger partial charge in [-0.05, 0) is 78.8 Å². The van der Waals surface area contributed by atoms with Gasteiger partial charge in [0.25, 0.3) is 5.91 Å². The fourth-order valence-electron chi connectivity index (χ4n) is 4.01. The molecule has 1 fully saturated rings. The van der Waals surface area contributed by atoms with Gasteiger partial charge in [0.2, 0.25) is 5.91 Å². The summed E-state index contributed by atoms with van der Waals surface area (Å²) in [6, 6.07) is 16.1. The molecule has 0 radical (unpaired) electrons. The number of amides is 2. The standard InChI is InChI=1S/C26H21Cl4N3O3S/c1-36-23-9-8-19(13-21(23)30)33-25(35)22(14-24(34)31-18-6-4-16(27)5-7-18)32(26(33)37)11-10-15-2-3-17(28)12-20(15)29/h2-9,12-13,22H,10-11,14H2,1H3,(H,31,34)/t22-/m1/s1. The third kappa shape index (κ3) is 6.30. The Bertz CT molecular complexity index is 1350. The lowest BCUT2D eigenvalue weighted by atomic mass is 10.1. The first-order valence-electron chi connectivity index (χ1n) is 11.2. The van der Waals surface area contributed by atoms with Crippen molar-refractivity contribution in [1.82, 2.24) is 4.90 Å². The second-order valence-corrected chi connectivity index (χ2v) is 10.3. The summed E-state index contributed by atoms with van der Waals surface area (Å²) >= 11 is 30.4. The number of nitrogens with zero attached hydrogens (tertiary/aromatic N) is 2. The first-order chi connectivity index (χ1) is 17.7. The van der Waals surface area contributed by atoms with Gasteiger partial charge in [-0.25, -0.2) is 0 Å². The highest BCUT2D eigenvalue weighted by molar-refractivity contribution is 7.80. The summed E-state index contributed by atoms with van der Waals surface area (Å²) in [7, 11) is 1.51. The van der Waals surface area contributed by atoms with Crippen LogP contribution in [-0.2, 0) is 16.0 Å². The Morgan fingerprint density at radius 3 is 2.32 bits per heavy atom. The zero-order valence-corrected chi connectivity index (χ0v) is 23.4. The normalized spacial score (nSPS) is 15.3. The number of carbonyl (C=O) groups excluding carboxylic acids is 2. The van der Waals surface area contributed by atoms with Crippen molar-refractivity contribution >= 4 is 86.9 Å². The molecule has 0 spiro atoms. The zero-order valence-electron chi connectivity index (χ0n) is 19.5. The number of anilines is 2. The number of methoxy groups -OCH3 is 1. The van der Waals surface area contributed by atoms with Crippen molar-refractivity contribution in [3.8, 4) is 5.75 Å². The van der Waals surface area contributed by atoms with Crippen molar-refractivity contribution in [2.45, 2.75) is 18.9 Å². The Morgan fingerprint density at radius 2 is 1.68 bits per heavy atom. The number of carbonyl (C=O) groups is 2. The van der Waals surface area contributed by atoms with Gasteiger partial charge in [-0.1, -0.05) is 52.5 Å². The lowest BCUT2D eigenvalue weighted by molar-refractivity contribution is -0.124. The van der Waals surface area contributed by atoms with Crippen molar-refractivity contribution in [3.63, 3.8) is 0 Å². The molecule has 11 heteroatoms. The van der Waals surface area contributed by atoms with Gasteiger partial charge in [0.15, 0.2) is 5.11 Å². The highest BCUT2D eigenvalue weighted by Crippen LogP contribution is 2.34. The average Bonchev–Trinajstić information content (AvgIpc) is 3.08. The van der Waals surface area contributed by atoms with Gasteiger partial charge in [0.1, 0.15) is 11.8 Å². The molecule has 1 aliphatic heterocycles. The van der Waals surface area contributed by atoms with Crippen LogP contribution >= 0.6 is 58.6 Å². The topological polar surface area (TPSA) is 61.9 Å². The molecule has 0 bridgehead atoms. The van der Waals surface area contributed by atoms with Crippen LogP contribution in [0.15, 0.2) is 60.7 Å². The first-order valence-corrected chi connectivity index (χ1v) is 13.1. The second-order valence-electron chi connectivity index (χ2n) is 8.23. The van der Waals surface area contributed by atoms with Gasteiger partial charge >= 0.3 is 0 Å². The maximum Gasteiger partial charge on any atom is 0.256 e. The minimum Gasteiger partial charge on any atom is -0.495 e. The van der Waals surface area contributed by atoms with Crippen molar-refractivity contribution in [3.05, 3.63) is 86.3 Å². The van der Waals surface area contributed by atoms with Crippen LogP contribution in [0.4, 0.5) is 11.4 Å². The molecule has 0 unspecified atom stereocenters. The van der Waals surface area contributed by atoms with Crippen LogP contribution in [0.3, 0.4) is 0 Å². The molecule has 3 aromatic rings. The fraction of sp³-hybridized carbons (Fsp3) is 0.192. The van der Waals surface area contributed by atoms with E-state index >= 15 is 0 Å². The number of hydrogen-bond acceptors (Lipinski definition) is 4. The van der Waals surface area contributed by atoms with E-state index in [2.05, 4.69) is 5.32 Å². The van der Waals surface area contributed by atoms with E-state index in [0.29, 0.717) is 50.2 Å². The van der Waals surface area contributed by atoms with E-state index in [4.69, 9.17) is 63.4 Å². The van der Waals surface area contributed by atoms with Gasteiger partial charge in [0.05, 0.1) is 24.2 Å². The molecule has 1 N–H and O–H groups in total. The number of halogens is 4. The average molecular weight is 597 g/mol. The van der Waals surface area contributed by atoms with Gasteiger partial charge < -0.3 is 15.0 Å². The van der Waals surface area contributed by atoms with Crippen molar-refractivity contribution in [2.24, 2.45) is 0 Å². The van der Waals surface area contributed by atoms with Crippen LogP contribution in [-0.4, -0.2) is 41.5 Å². The molecule has 1 heterocycles. The molecule has 2 amide bonds. The highest BCUT2D eigenvalue weighted by Gasteiger charge is 2.44. The summed E-state index contributed by atoms with van der Waals surface area (Å²) in [4.78, 5) is 29.7. The molecule has 1 saturated heterocycles. The summed E-state index contributed by atoms with van der Waals surface area (Å²) in [6.45, 7) is 0.352. The van der Waals surface area contributed by atoms with Crippen LogP contribution < -0.4 is 15.0 Å². The molecule has 0 saturated carbocycles. The smallest absolute Gasteiger partial charge is 0.256 e. The number of hydrogen-bond donors (Lipinski definition) is 1. The quantitative estimate of drug-likeness (QED) is 0.287. The zero-order chi connectivity index (χ0) is 26.7. The van der Waals surface area contributed by atoms with Gasteiger partial charge in [-0.2, -0.15) is 0 Å². The Hall–Kier alpha value is -2.55. The van der Waals surface area contributed by atoms with Gasteiger partial charge in [-0.3, -0.25) is 14.5 Å². The van der Waals surface area contributed by atoms with Crippen molar-refractivity contribution in [1.29, 1.82) is 0 Å². The Labute approximate surface area is 240 Å². The number of nitrogens with one attached hydrogen (secondary N) is 1. The van der Waals surface area contributed by atoms with Gasteiger partial charge in [-0.15, -0.1) is 0 Å². The monoisotopic (exact) mass is 595 g/mol. The molecule has 0 aliphatic carbocycles. The Balaban J connectivity index is 1.59. The van der Waals surface area contributed by atoms with E-state index < -0.39 is 6.04 Å².